The molecule has 192 valence electrons. The molecular formula is C28H34ClN3O3S. The molecule has 0 aliphatic carbocycles. The van der Waals surface area contributed by atoms with Gasteiger partial charge in [-0.05, 0) is 99.4 Å². The molecule has 1 saturated heterocycles. The van der Waals surface area contributed by atoms with Gasteiger partial charge in [0.15, 0.2) is 5.82 Å². The van der Waals surface area contributed by atoms with E-state index in [-0.39, 0.29) is 6.10 Å². The molecule has 1 aromatic heterocycles. The van der Waals surface area contributed by atoms with Crippen molar-refractivity contribution in [3.05, 3.63) is 52.5 Å². The second-order valence-electron chi connectivity index (χ2n) is 9.66. The Morgan fingerprint density at radius 2 is 2.03 bits per heavy atom. The summed E-state index contributed by atoms with van der Waals surface area (Å²) in [4.78, 5) is 18.3. The van der Waals surface area contributed by atoms with E-state index in [2.05, 4.69) is 30.0 Å². The van der Waals surface area contributed by atoms with Gasteiger partial charge in [-0.25, -0.2) is 4.98 Å². The van der Waals surface area contributed by atoms with E-state index in [0.29, 0.717) is 23.1 Å². The molecular weight excluding hydrogens is 494 g/mol. The zero-order chi connectivity index (χ0) is 25.7. The Morgan fingerprint density at radius 3 is 2.69 bits per heavy atom. The third kappa shape index (κ3) is 6.64. The monoisotopic (exact) mass is 527 g/mol. The number of aromatic nitrogens is 2. The van der Waals surface area contributed by atoms with Gasteiger partial charge >= 0.3 is 5.97 Å². The van der Waals surface area contributed by atoms with Gasteiger partial charge < -0.3 is 14.7 Å². The number of ether oxygens (including phenoxy) is 1. The summed E-state index contributed by atoms with van der Waals surface area (Å²) >= 11 is 7.83. The topological polar surface area (TPSA) is 75.6 Å². The molecule has 1 fully saturated rings. The molecule has 6 nitrogen and oxygen atoms in total. The Morgan fingerprint density at radius 1 is 1.25 bits per heavy atom. The van der Waals surface area contributed by atoms with Crippen molar-refractivity contribution in [3.8, 4) is 27.7 Å². The summed E-state index contributed by atoms with van der Waals surface area (Å²) in [6, 6.07) is 12.2. The standard InChI is InChI=1S/C28H34ClN3O3S/c1-4-22-20(12-15-32-13-10-19(11-14-32)16-26(33)34)6-5-7-23(22)27-30-28(36-31-27)21-8-9-25(24(29)17-21)35-18(2)3/h5-9,17-19H,4,10-16H2,1-3H3,(H,33,34). The first-order chi connectivity index (χ1) is 17.3. The fourth-order valence-electron chi connectivity index (χ4n) is 4.87. The molecule has 2 heterocycles. The SMILES string of the molecule is CCc1c(CCN2CCC(CC(=O)O)CC2)cccc1-c1nsc(-c2ccc(OC(C)C)c(Cl)c2)n1. The molecule has 0 unspecified atom stereocenters. The average Bonchev–Trinajstić information content (AvgIpc) is 3.34. The highest BCUT2D eigenvalue weighted by molar-refractivity contribution is 7.09. The quantitative estimate of drug-likeness (QED) is 0.320. The highest BCUT2D eigenvalue weighted by atomic mass is 35.5. The minimum absolute atomic E-state index is 0.0602. The number of hydrogen-bond acceptors (Lipinski definition) is 6. The lowest BCUT2D eigenvalue weighted by atomic mass is 9.92. The predicted octanol–water partition coefficient (Wildman–Crippen LogP) is 6.60. The summed E-state index contributed by atoms with van der Waals surface area (Å²) in [6.45, 7) is 9.06. The van der Waals surface area contributed by atoms with E-state index in [9.17, 15) is 4.79 Å². The number of likely N-dealkylation sites (tertiary alicyclic amines) is 1. The number of aliphatic carboxylic acids is 1. The van der Waals surface area contributed by atoms with Gasteiger partial charge in [0, 0.05) is 24.1 Å². The first-order valence-corrected chi connectivity index (χ1v) is 13.8. The molecule has 4 rings (SSSR count). The Labute approximate surface area is 222 Å². The van der Waals surface area contributed by atoms with E-state index in [1.54, 1.807) is 0 Å². The van der Waals surface area contributed by atoms with Crippen LogP contribution in [-0.4, -0.2) is 51.1 Å². The molecule has 1 aliphatic rings. The maximum absolute atomic E-state index is 11.0. The molecule has 2 aromatic carbocycles. The molecule has 0 radical (unpaired) electrons. The smallest absolute Gasteiger partial charge is 0.303 e. The number of hydrogen-bond donors (Lipinski definition) is 1. The van der Waals surface area contributed by atoms with Crippen molar-refractivity contribution in [2.24, 2.45) is 5.92 Å². The fourth-order valence-corrected chi connectivity index (χ4v) is 5.77. The molecule has 0 amide bonds. The van der Waals surface area contributed by atoms with Crippen molar-refractivity contribution in [2.45, 2.75) is 59.0 Å². The summed E-state index contributed by atoms with van der Waals surface area (Å²) < 4.78 is 10.4. The molecule has 1 N–H and O–H groups in total. The Kier molecular flexibility index (Phi) is 8.99. The van der Waals surface area contributed by atoms with E-state index in [4.69, 9.17) is 30.8 Å². The van der Waals surface area contributed by atoms with E-state index in [1.165, 1.54) is 22.7 Å². The summed E-state index contributed by atoms with van der Waals surface area (Å²) in [6.07, 6.45) is 4.16. The van der Waals surface area contributed by atoms with Crippen molar-refractivity contribution < 1.29 is 14.6 Å². The number of carbonyl (C=O) groups is 1. The van der Waals surface area contributed by atoms with Crippen LogP contribution >= 0.6 is 23.1 Å². The minimum Gasteiger partial charge on any atom is -0.489 e. The van der Waals surface area contributed by atoms with Crippen molar-refractivity contribution in [3.63, 3.8) is 0 Å². The largest absolute Gasteiger partial charge is 0.489 e. The maximum Gasteiger partial charge on any atom is 0.303 e. The maximum atomic E-state index is 11.0. The fraction of sp³-hybridized carbons (Fsp3) is 0.464. The Hall–Kier alpha value is -2.48. The van der Waals surface area contributed by atoms with Gasteiger partial charge in [-0.15, -0.1) is 0 Å². The van der Waals surface area contributed by atoms with Crippen LogP contribution in [0.4, 0.5) is 0 Å². The van der Waals surface area contributed by atoms with E-state index >= 15 is 0 Å². The van der Waals surface area contributed by atoms with Crippen LogP contribution < -0.4 is 4.74 Å². The Balaban J connectivity index is 1.46. The minimum atomic E-state index is -0.683. The van der Waals surface area contributed by atoms with Crippen molar-refractivity contribution in [2.75, 3.05) is 19.6 Å². The number of benzene rings is 2. The average molecular weight is 528 g/mol. The van der Waals surface area contributed by atoms with Crippen LogP contribution in [0.25, 0.3) is 22.0 Å². The third-order valence-corrected chi connectivity index (χ3v) is 7.76. The van der Waals surface area contributed by atoms with Crippen LogP contribution in [-0.2, 0) is 17.6 Å². The number of carboxylic acids is 1. The van der Waals surface area contributed by atoms with Crippen LogP contribution in [0.2, 0.25) is 5.02 Å². The lowest BCUT2D eigenvalue weighted by Crippen LogP contribution is -2.35. The lowest BCUT2D eigenvalue weighted by molar-refractivity contribution is -0.138. The van der Waals surface area contributed by atoms with Crippen LogP contribution in [0.3, 0.4) is 0 Å². The zero-order valence-corrected chi connectivity index (χ0v) is 22.7. The van der Waals surface area contributed by atoms with Gasteiger partial charge in [0.1, 0.15) is 10.8 Å². The molecule has 36 heavy (non-hydrogen) atoms. The van der Waals surface area contributed by atoms with Crippen LogP contribution in [0.5, 0.6) is 5.75 Å². The number of nitrogens with zero attached hydrogens (tertiary/aromatic N) is 3. The second-order valence-corrected chi connectivity index (χ2v) is 10.8. The van der Waals surface area contributed by atoms with Crippen LogP contribution in [0.15, 0.2) is 36.4 Å². The van der Waals surface area contributed by atoms with Crippen molar-refractivity contribution in [1.29, 1.82) is 0 Å². The van der Waals surface area contributed by atoms with Crippen LogP contribution in [0.1, 0.15) is 51.2 Å². The van der Waals surface area contributed by atoms with Gasteiger partial charge in [-0.2, -0.15) is 4.37 Å². The first-order valence-electron chi connectivity index (χ1n) is 12.7. The van der Waals surface area contributed by atoms with Gasteiger partial charge in [0.2, 0.25) is 0 Å². The second kappa shape index (κ2) is 12.2. The normalized spacial score (nSPS) is 14.9. The number of carboxylic acid groups (broad SMARTS) is 1. The highest BCUT2D eigenvalue weighted by Gasteiger charge is 2.22. The molecule has 8 heteroatoms. The van der Waals surface area contributed by atoms with E-state index in [1.807, 2.05) is 32.0 Å². The highest BCUT2D eigenvalue weighted by Crippen LogP contribution is 2.34. The lowest BCUT2D eigenvalue weighted by Gasteiger charge is -2.31. The zero-order valence-electron chi connectivity index (χ0n) is 21.2. The summed E-state index contributed by atoms with van der Waals surface area (Å²) in [5.41, 5.74) is 4.64. The number of piperidine rings is 1. The Bertz CT molecular complexity index is 1190. The molecule has 0 saturated carbocycles. The van der Waals surface area contributed by atoms with Gasteiger partial charge in [0.25, 0.3) is 0 Å². The predicted molar refractivity (Wildman–Crippen MR) is 146 cm³/mol. The van der Waals surface area contributed by atoms with E-state index < -0.39 is 5.97 Å². The third-order valence-electron chi connectivity index (χ3n) is 6.70. The summed E-state index contributed by atoms with van der Waals surface area (Å²) in [7, 11) is 0. The van der Waals surface area contributed by atoms with E-state index in [0.717, 1.165) is 67.3 Å². The van der Waals surface area contributed by atoms with Crippen LogP contribution in [0, 0.1) is 5.92 Å². The molecule has 0 spiro atoms. The van der Waals surface area contributed by atoms with Crippen molar-refractivity contribution in [1.82, 2.24) is 14.3 Å². The van der Waals surface area contributed by atoms with Gasteiger partial charge in [-0.3, -0.25) is 4.79 Å². The van der Waals surface area contributed by atoms with Gasteiger partial charge in [0.05, 0.1) is 11.1 Å². The first kappa shape index (κ1) is 26.6. The molecule has 0 atom stereocenters. The molecule has 0 bridgehead atoms. The van der Waals surface area contributed by atoms with Gasteiger partial charge in [-0.1, -0.05) is 36.7 Å². The number of halogens is 1. The number of rotatable bonds is 10. The molecule has 3 aromatic rings. The molecule has 1 aliphatic heterocycles. The summed E-state index contributed by atoms with van der Waals surface area (Å²) in [5, 5.41) is 10.4. The summed E-state index contributed by atoms with van der Waals surface area (Å²) in [5.74, 6) is 1.05. The van der Waals surface area contributed by atoms with Crippen molar-refractivity contribution >= 4 is 29.1 Å².